The Hall–Kier alpha value is -0.570. The number of nitrogens with one attached hydrogen (secondary N) is 1. The minimum absolute atomic E-state index is 0.0518. The van der Waals surface area contributed by atoms with Gasteiger partial charge in [-0.2, -0.15) is 0 Å². The quantitative estimate of drug-likeness (QED) is 0.732. The Kier molecular flexibility index (Phi) is 6.65. The smallest absolute Gasteiger partial charge is 0.224 e. The van der Waals surface area contributed by atoms with Crippen molar-refractivity contribution in [3.05, 3.63) is 0 Å². The zero-order valence-corrected chi connectivity index (χ0v) is 11.5. The van der Waals surface area contributed by atoms with E-state index in [-0.39, 0.29) is 17.2 Å². The predicted octanol–water partition coefficient (Wildman–Crippen LogP) is 2.16. The first-order valence-electron chi connectivity index (χ1n) is 6.28. The molecule has 0 heterocycles. The maximum atomic E-state index is 11.9. The van der Waals surface area contributed by atoms with Gasteiger partial charge in [-0.3, -0.25) is 4.79 Å². The Morgan fingerprint density at radius 2 is 1.94 bits per heavy atom. The predicted molar refractivity (Wildman–Crippen MR) is 69.1 cm³/mol. The van der Waals surface area contributed by atoms with Crippen molar-refractivity contribution in [1.29, 1.82) is 0 Å². The third kappa shape index (κ3) is 6.83. The molecule has 3 heteroatoms. The lowest BCUT2D eigenvalue weighted by Crippen LogP contribution is -2.38. The molecular formula is C13H28N2O. The molecule has 0 aliphatic heterocycles. The molecule has 3 nitrogen and oxygen atoms in total. The number of hydrogen-bond donors (Lipinski definition) is 2. The normalized spacial score (nSPS) is 15.6. The fourth-order valence-corrected chi connectivity index (χ4v) is 1.59. The van der Waals surface area contributed by atoms with Gasteiger partial charge in [-0.15, -0.1) is 0 Å². The molecule has 0 aromatic carbocycles. The van der Waals surface area contributed by atoms with Gasteiger partial charge in [-0.25, -0.2) is 0 Å². The number of amides is 1. The molecule has 16 heavy (non-hydrogen) atoms. The molecule has 0 bridgehead atoms. The van der Waals surface area contributed by atoms with E-state index in [0.717, 1.165) is 19.4 Å². The Morgan fingerprint density at radius 1 is 1.38 bits per heavy atom. The van der Waals surface area contributed by atoms with E-state index >= 15 is 0 Å². The first kappa shape index (κ1) is 15.4. The number of carbonyl (C=O) groups is 1. The topological polar surface area (TPSA) is 55.1 Å². The van der Waals surface area contributed by atoms with Crippen molar-refractivity contribution in [2.45, 2.75) is 47.5 Å². The van der Waals surface area contributed by atoms with Crippen LogP contribution in [0, 0.1) is 17.3 Å². The van der Waals surface area contributed by atoms with Crippen LogP contribution in [0.2, 0.25) is 0 Å². The van der Waals surface area contributed by atoms with E-state index in [1.807, 2.05) is 0 Å². The number of carbonyl (C=O) groups excluding carboxylic acids is 1. The SMILES string of the molecule is CCC(C)CNC(=O)C(CN)CC(C)(C)C. The largest absolute Gasteiger partial charge is 0.356 e. The summed E-state index contributed by atoms with van der Waals surface area (Å²) in [4.78, 5) is 11.9. The van der Waals surface area contributed by atoms with Crippen LogP contribution in [0.1, 0.15) is 47.5 Å². The highest BCUT2D eigenvalue weighted by Crippen LogP contribution is 2.23. The van der Waals surface area contributed by atoms with Crippen LogP contribution in [-0.4, -0.2) is 19.0 Å². The second-order valence-corrected chi connectivity index (χ2v) is 5.96. The molecule has 0 aliphatic rings. The molecule has 0 saturated carbocycles. The monoisotopic (exact) mass is 228 g/mol. The van der Waals surface area contributed by atoms with E-state index < -0.39 is 0 Å². The number of rotatable bonds is 6. The Labute approximate surface area is 100 Å². The van der Waals surface area contributed by atoms with Crippen molar-refractivity contribution in [2.24, 2.45) is 23.0 Å². The number of nitrogens with two attached hydrogens (primary N) is 1. The summed E-state index contributed by atoms with van der Waals surface area (Å²) in [7, 11) is 0. The number of hydrogen-bond acceptors (Lipinski definition) is 2. The van der Waals surface area contributed by atoms with Crippen LogP contribution in [-0.2, 0) is 4.79 Å². The summed E-state index contributed by atoms with van der Waals surface area (Å²) in [6.07, 6.45) is 1.93. The van der Waals surface area contributed by atoms with Crippen molar-refractivity contribution in [3.8, 4) is 0 Å². The van der Waals surface area contributed by atoms with Crippen molar-refractivity contribution < 1.29 is 4.79 Å². The highest BCUT2D eigenvalue weighted by molar-refractivity contribution is 5.78. The van der Waals surface area contributed by atoms with Gasteiger partial charge in [0.25, 0.3) is 0 Å². The molecule has 1 amide bonds. The van der Waals surface area contributed by atoms with Crippen LogP contribution >= 0.6 is 0 Å². The third-order valence-electron chi connectivity index (χ3n) is 2.84. The molecule has 0 aliphatic carbocycles. The van der Waals surface area contributed by atoms with Crippen molar-refractivity contribution >= 4 is 5.91 Å². The van der Waals surface area contributed by atoms with E-state index in [1.54, 1.807) is 0 Å². The van der Waals surface area contributed by atoms with Gasteiger partial charge in [0.1, 0.15) is 0 Å². The van der Waals surface area contributed by atoms with E-state index in [1.165, 1.54) is 0 Å². The highest BCUT2D eigenvalue weighted by atomic mass is 16.1. The van der Waals surface area contributed by atoms with Gasteiger partial charge >= 0.3 is 0 Å². The second kappa shape index (κ2) is 6.89. The van der Waals surface area contributed by atoms with E-state index in [2.05, 4.69) is 39.9 Å². The first-order valence-corrected chi connectivity index (χ1v) is 6.28. The molecule has 0 aromatic heterocycles. The van der Waals surface area contributed by atoms with Crippen molar-refractivity contribution in [1.82, 2.24) is 5.32 Å². The molecule has 0 radical (unpaired) electrons. The van der Waals surface area contributed by atoms with Crippen LogP contribution in [0.15, 0.2) is 0 Å². The molecule has 0 aromatic rings. The summed E-state index contributed by atoms with van der Waals surface area (Å²) in [5, 5.41) is 2.99. The summed E-state index contributed by atoms with van der Waals surface area (Å²) < 4.78 is 0. The summed E-state index contributed by atoms with van der Waals surface area (Å²) in [5.74, 6) is 0.596. The van der Waals surface area contributed by atoms with Gasteiger partial charge < -0.3 is 11.1 Å². The molecular weight excluding hydrogens is 200 g/mol. The molecule has 0 saturated heterocycles. The lowest BCUT2D eigenvalue weighted by atomic mass is 9.84. The van der Waals surface area contributed by atoms with E-state index in [4.69, 9.17) is 5.73 Å². The van der Waals surface area contributed by atoms with Crippen molar-refractivity contribution in [2.75, 3.05) is 13.1 Å². The summed E-state index contributed by atoms with van der Waals surface area (Å²) >= 11 is 0. The maximum absolute atomic E-state index is 11.9. The Morgan fingerprint density at radius 3 is 2.31 bits per heavy atom. The zero-order chi connectivity index (χ0) is 12.8. The maximum Gasteiger partial charge on any atom is 0.224 e. The second-order valence-electron chi connectivity index (χ2n) is 5.96. The van der Waals surface area contributed by atoms with Crippen LogP contribution in [0.4, 0.5) is 0 Å². The minimum atomic E-state index is -0.0518. The fourth-order valence-electron chi connectivity index (χ4n) is 1.59. The highest BCUT2D eigenvalue weighted by Gasteiger charge is 2.23. The van der Waals surface area contributed by atoms with E-state index in [0.29, 0.717) is 12.5 Å². The molecule has 0 rings (SSSR count). The molecule has 2 unspecified atom stereocenters. The standard InChI is InChI=1S/C13H28N2O/c1-6-10(2)9-15-12(16)11(8-14)7-13(3,4)5/h10-11H,6-9,14H2,1-5H3,(H,15,16). The Bertz CT molecular complexity index is 208. The molecule has 3 N–H and O–H groups in total. The van der Waals surface area contributed by atoms with Crippen LogP contribution in [0.3, 0.4) is 0 Å². The summed E-state index contributed by atoms with van der Waals surface area (Å²) in [6, 6.07) is 0. The molecule has 0 spiro atoms. The Balaban J connectivity index is 4.11. The van der Waals surface area contributed by atoms with Gasteiger partial charge in [-0.1, -0.05) is 41.0 Å². The van der Waals surface area contributed by atoms with Gasteiger partial charge in [0.15, 0.2) is 0 Å². The van der Waals surface area contributed by atoms with Gasteiger partial charge in [-0.05, 0) is 17.8 Å². The fraction of sp³-hybridized carbons (Fsp3) is 0.923. The lowest BCUT2D eigenvalue weighted by molar-refractivity contribution is -0.125. The van der Waals surface area contributed by atoms with Crippen LogP contribution < -0.4 is 11.1 Å². The summed E-state index contributed by atoms with van der Waals surface area (Å²) in [5.41, 5.74) is 5.81. The molecule has 96 valence electrons. The van der Waals surface area contributed by atoms with Crippen LogP contribution in [0.25, 0.3) is 0 Å². The van der Waals surface area contributed by atoms with Gasteiger partial charge in [0, 0.05) is 13.1 Å². The van der Waals surface area contributed by atoms with Crippen LogP contribution in [0.5, 0.6) is 0 Å². The summed E-state index contributed by atoms with van der Waals surface area (Å²) in [6.45, 7) is 11.9. The molecule has 2 atom stereocenters. The average Bonchev–Trinajstić information content (AvgIpc) is 2.20. The van der Waals surface area contributed by atoms with E-state index in [9.17, 15) is 4.79 Å². The van der Waals surface area contributed by atoms with Crippen molar-refractivity contribution in [3.63, 3.8) is 0 Å². The minimum Gasteiger partial charge on any atom is -0.356 e. The zero-order valence-electron chi connectivity index (χ0n) is 11.5. The van der Waals surface area contributed by atoms with Gasteiger partial charge in [0.05, 0.1) is 5.92 Å². The first-order chi connectivity index (χ1) is 7.30. The average molecular weight is 228 g/mol. The third-order valence-corrected chi connectivity index (χ3v) is 2.84. The van der Waals surface area contributed by atoms with Gasteiger partial charge in [0.2, 0.25) is 5.91 Å². The lowest BCUT2D eigenvalue weighted by Gasteiger charge is -2.24. The molecule has 0 fully saturated rings.